The van der Waals surface area contributed by atoms with Crippen LogP contribution in [-0.4, -0.2) is 30.8 Å². The monoisotopic (exact) mass is 594 g/mol. The molecule has 0 aliphatic rings. The number of hydrogen-bond acceptors (Lipinski definition) is 4. The Kier molecular flexibility index (Phi) is 9.40. The smallest absolute Gasteiger partial charge is 0.336 e. The predicted molar refractivity (Wildman–Crippen MR) is 180 cm³/mol. The van der Waals surface area contributed by atoms with Crippen molar-refractivity contribution in [3.63, 3.8) is 0 Å². The Morgan fingerprint density at radius 1 is 0.667 bits per heavy atom. The van der Waals surface area contributed by atoms with Crippen LogP contribution in [0.5, 0.6) is 0 Å². The molecule has 0 atom stereocenters. The van der Waals surface area contributed by atoms with Gasteiger partial charge in [-0.15, -0.1) is 0 Å². The summed E-state index contributed by atoms with van der Waals surface area (Å²) in [7, 11) is 0. The van der Waals surface area contributed by atoms with Crippen molar-refractivity contribution in [2.24, 2.45) is 0 Å². The Bertz CT molecular complexity index is 1880. The number of carboxylic acid groups (broad SMARTS) is 1. The third-order valence-corrected chi connectivity index (χ3v) is 8.39. The molecule has 2 aromatic heterocycles. The summed E-state index contributed by atoms with van der Waals surface area (Å²) in [6, 6.07) is 36.4. The summed E-state index contributed by atoms with van der Waals surface area (Å²) >= 11 is 0. The average molecular weight is 595 g/mol. The van der Waals surface area contributed by atoms with E-state index in [0.717, 1.165) is 89.9 Å². The number of aryl methyl sites for hydroxylation is 5. The highest BCUT2D eigenvalue weighted by Crippen LogP contribution is 2.28. The molecule has 0 spiro atoms. The van der Waals surface area contributed by atoms with Gasteiger partial charge < -0.3 is 9.67 Å². The Hall–Kier alpha value is -5.10. The van der Waals surface area contributed by atoms with Gasteiger partial charge in [-0.3, -0.25) is 0 Å². The molecule has 2 heterocycles. The first-order valence-corrected chi connectivity index (χ1v) is 15.8. The maximum Gasteiger partial charge on any atom is 0.336 e. The zero-order valence-corrected chi connectivity index (χ0v) is 25.7. The lowest BCUT2D eigenvalue weighted by atomic mass is 9.98. The minimum absolute atomic E-state index is 0.303. The van der Waals surface area contributed by atoms with Crippen LogP contribution in [0, 0.1) is 0 Å². The van der Waals surface area contributed by atoms with Gasteiger partial charge >= 0.3 is 5.97 Å². The quantitative estimate of drug-likeness (QED) is 0.146. The van der Waals surface area contributed by atoms with Crippen molar-refractivity contribution < 1.29 is 9.90 Å². The Balaban J connectivity index is 1.39. The molecule has 0 unspecified atom stereocenters. The van der Waals surface area contributed by atoms with E-state index in [1.807, 2.05) is 36.4 Å². The first kappa shape index (κ1) is 29.9. The van der Waals surface area contributed by atoms with Gasteiger partial charge in [0.25, 0.3) is 0 Å². The molecule has 6 nitrogen and oxygen atoms in total. The lowest BCUT2D eigenvalue weighted by molar-refractivity contribution is 0.0697. The predicted octanol–water partition coefficient (Wildman–Crippen LogP) is 8.15. The number of carboxylic acids is 1. The van der Waals surface area contributed by atoms with Gasteiger partial charge in [0.1, 0.15) is 11.3 Å². The van der Waals surface area contributed by atoms with Crippen molar-refractivity contribution in [2.45, 2.75) is 58.4 Å². The zero-order chi connectivity index (χ0) is 31.0. The van der Waals surface area contributed by atoms with E-state index in [-0.39, 0.29) is 0 Å². The van der Waals surface area contributed by atoms with Gasteiger partial charge in [-0.1, -0.05) is 116 Å². The molecule has 0 amide bonds. The van der Waals surface area contributed by atoms with Crippen molar-refractivity contribution in [1.82, 2.24) is 19.7 Å². The number of benzene rings is 4. The van der Waals surface area contributed by atoms with Gasteiger partial charge in [0.05, 0.1) is 22.5 Å². The van der Waals surface area contributed by atoms with Crippen LogP contribution in [0.1, 0.15) is 64.0 Å². The number of aromatic nitrogens is 4. The van der Waals surface area contributed by atoms with Crippen LogP contribution in [0.4, 0.5) is 0 Å². The second-order valence-corrected chi connectivity index (χ2v) is 11.5. The molecule has 45 heavy (non-hydrogen) atoms. The van der Waals surface area contributed by atoms with E-state index in [4.69, 9.17) is 15.2 Å². The van der Waals surface area contributed by atoms with E-state index in [9.17, 15) is 9.90 Å². The van der Waals surface area contributed by atoms with Crippen molar-refractivity contribution in [2.75, 3.05) is 0 Å². The molecule has 0 fully saturated rings. The van der Waals surface area contributed by atoms with Gasteiger partial charge in [-0.25, -0.2) is 9.78 Å². The molecule has 0 saturated carbocycles. The SMILES string of the molecule is CCCCc1nc2c(CCc3ccccc3)nnc(CCc3ccccc3)c2n1Cc1ccc(-c2ccccc2C(=O)O)cc1. The number of rotatable bonds is 13. The number of unbranched alkanes of at least 4 members (excludes halogenated alkanes) is 1. The topological polar surface area (TPSA) is 80.9 Å². The minimum atomic E-state index is -0.924. The van der Waals surface area contributed by atoms with Gasteiger partial charge in [0.15, 0.2) is 0 Å². The number of imidazole rings is 1. The molecule has 6 aromatic rings. The minimum Gasteiger partial charge on any atom is -0.478 e. The molecular formula is C39H38N4O2. The fourth-order valence-electron chi connectivity index (χ4n) is 5.95. The van der Waals surface area contributed by atoms with Gasteiger partial charge in [0, 0.05) is 13.0 Å². The van der Waals surface area contributed by atoms with Crippen LogP contribution in [0.3, 0.4) is 0 Å². The lowest BCUT2D eigenvalue weighted by Crippen LogP contribution is -2.09. The Morgan fingerprint density at radius 2 is 1.27 bits per heavy atom. The van der Waals surface area contributed by atoms with Crippen LogP contribution in [0.2, 0.25) is 0 Å². The van der Waals surface area contributed by atoms with Crippen LogP contribution in [0.25, 0.3) is 22.2 Å². The molecular weight excluding hydrogens is 556 g/mol. The number of nitrogens with zero attached hydrogens (tertiary/aromatic N) is 4. The molecule has 0 saturated heterocycles. The van der Waals surface area contributed by atoms with Crippen LogP contribution in [-0.2, 0) is 38.6 Å². The van der Waals surface area contributed by atoms with Crippen molar-refractivity contribution in [3.05, 3.63) is 149 Å². The summed E-state index contributed by atoms with van der Waals surface area (Å²) in [6.45, 7) is 2.86. The molecule has 6 heteroatoms. The molecule has 1 N–H and O–H groups in total. The van der Waals surface area contributed by atoms with Gasteiger partial charge in [-0.2, -0.15) is 10.2 Å². The molecule has 0 radical (unpaired) electrons. The summed E-state index contributed by atoms with van der Waals surface area (Å²) in [5.41, 5.74) is 9.53. The standard InChI is InChI=1S/C39H38N4O2/c1-2-3-18-36-40-37-34(25-21-28-12-6-4-7-13-28)41-42-35(26-22-29-14-8-5-9-15-29)38(37)43(36)27-30-19-23-31(24-20-30)32-16-10-11-17-33(32)39(44)45/h4-17,19-20,23-24H,2-3,18,21-22,25-27H2,1H3,(H,44,45). The number of hydrogen-bond donors (Lipinski definition) is 1. The third-order valence-electron chi connectivity index (χ3n) is 8.39. The summed E-state index contributed by atoms with van der Waals surface area (Å²) in [5, 5.41) is 19.3. The van der Waals surface area contributed by atoms with E-state index in [1.165, 1.54) is 11.1 Å². The molecule has 0 bridgehead atoms. The largest absolute Gasteiger partial charge is 0.478 e. The average Bonchev–Trinajstić information content (AvgIpc) is 3.45. The van der Waals surface area contributed by atoms with E-state index in [0.29, 0.717) is 12.1 Å². The fraction of sp³-hybridized carbons (Fsp3) is 0.231. The number of aromatic carboxylic acids is 1. The summed E-state index contributed by atoms with van der Waals surface area (Å²) < 4.78 is 2.35. The van der Waals surface area contributed by atoms with Gasteiger partial charge in [-0.05, 0) is 66.0 Å². The molecule has 226 valence electrons. The molecule has 0 aliphatic heterocycles. The van der Waals surface area contributed by atoms with Crippen LogP contribution in [0.15, 0.2) is 109 Å². The van der Waals surface area contributed by atoms with Crippen molar-refractivity contribution >= 4 is 17.0 Å². The highest BCUT2D eigenvalue weighted by molar-refractivity contribution is 5.96. The molecule has 4 aromatic carbocycles. The first-order chi connectivity index (χ1) is 22.1. The molecule has 6 rings (SSSR count). The molecule has 0 aliphatic carbocycles. The normalized spacial score (nSPS) is 11.2. The van der Waals surface area contributed by atoms with Crippen LogP contribution < -0.4 is 0 Å². The van der Waals surface area contributed by atoms with E-state index < -0.39 is 5.97 Å². The summed E-state index contributed by atoms with van der Waals surface area (Å²) in [4.78, 5) is 17.1. The van der Waals surface area contributed by atoms with Crippen molar-refractivity contribution in [3.8, 4) is 11.1 Å². The van der Waals surface area contributed by atoms with E-state index in [2.05, 4.69) is 72.2 Å². The first-order valence-electron chi connectivity index (χ1n) is 15.8. The van der Waals surface area contributed by atoms with Gasteiger partial charge in [0.2, 0.25) is 0 Å². The van der Waals surface area contributed by atoms with E-state index in [1.54, 1.807) is 12.1 Å². The Labute approximate surface area is 264 Å². The zero-order valence-electron chi connectivity index (χ0n) is 25.7. The fourth-order valence-corrected chi connectivity index (χ4v) is 5.95. The Morgan fingerprint density at radius 3 is 1.91 bits per heavy atom. The second kappa shape index (κ2) is 14.1. The lowest BCUT2D eigenvalue weighted by Gasteiger charge is -2.13. The summed E-state index contributed by atoms with van der Waals surface area (Å²) in [5.74, 6) is 0.135. The van der Waals surface area contributed by atoms with E-state index >= 15 is 0 Å². The van der Waals surface area contributed by atoms with Crippen LogP contribution >= 0.6 is 0 Å². The number of carbonyl (C=O) groups is 1. The second-order valence-electron chi connectivity index (χ2n) is 11.5. The summed E-state index contributed by atoms with van der Waals surface area (Å²) in [6.07, 6.45) is 6.31. The highest BCUT2D eigenvalue weighted by atomic mass is 16.4. The number of fused-ring (bicyclic) bond motifs is 1. The van der Waals surface area contributed by atoms with Crippen molar-refractivity contribution in [1.29, 1.82) is 0 Å². The third kappa shape index (κ3) is 7.01. The maximum atomic E-state index is 11.8. The highest BCUT2D eigenvalue weighted by Gasteiger charge is 2.20. The maximum absolute atomic E-state index is 11.8.